The molecule has 2 aromatic rings. The summed E-state index contributed by atoms with van der Waals surface area (Å²) in [6.45, 7) is 8.24. The third kappa shape index (κ3) is 3.06. The van der Waals surface area contributed by atoms with Crippen molar-refractivity contribution in [3.05, 3.63) is 52.8 Å². The number of amides is 1. The molecule has 0 aliphatic carbocycles. The Kier molecular flexibility index (Phi) is 5.44. The molecule has 0 radical (unpaired) electrons. The second-order valence-electron chi connectivity index (χ2n) is 7.50. The molecule has 1 aromatic carbocycles. The Labute approximate surface area is 162 Å². The van der Waals surface area contributed by atoms with E-state index in [1.165, 1.54) is 5.56 Å². The number of hydrogen-bond donors (Lipinski definition) is 1. The molecule has 0 spiro atoms. The van der Waals surface area contributed by atoms with Gasteiger partial charge in [-0.3, -0.25) is 4.79 Å². The lowest BCUT2D eigenvalue weighted by Gasteiger charge is -2.28. The van der Waals surface area contributed by atoms with E-state index >= 15 is 0 Å². The predicted octanol–water partition coefficient (Wildman–Crippen LogP) is 3.79. The number of hydrogen-bond acceptors (Lipinski definition) is 2. The second kappa shape index (κ2) is 7.45. The highest BCUT2D eigenvalue weighted by Crippen LogP contribution is 2.32. The third-order valence-corrected chi connectivity index (χ3v) is 5.91. The highest BCUT2D eigenvalue weighted by atomic mass is 35.5. The molecule has 3 heterocycles. The number of carbonyl (C=O) groups is 1. The van der Waals surface area contributed by atoms with Crippen LogP contribution >= 0.6 is 12.4 Å². The number of carbonyl (C=O) groups excluding carboxylic acids is 1. The first-order chi connectivity index (χ1) is 12.1. The van der Waals surface area contributed by atoms with Crippen molar-refractivity contribution in [2.45, 2.75) is 52.1 Å². The summed E-state index contributed by atoms with van der Waals surface area (Å²) in [6, 6.07) is 11.2. The van der Waals surface area contributed by atoms with Crippen molar-refractivity contribution in [3.63, 3.8) is 0 Å². The van der Waals surface area contributed by atoms with Crippen molar-refractivity contribution < 1.29 is 4.79 Å². The van der Waals surface area contributed by atoms with E-state index in [0.29, 0.717) is 12.1 Å². The lowest BCUT2D eigenvalue weighted by Crippen LogP contribution is -2.42. The van der Waals surface area contributed by atoms with E-state index in [1.54, 1.807) is 0 Å². The fraction of sp³-hybridized carbons (Fsp3) is 0.476. The van der Waals surface area contributed by atoms with Gasteiger partial charge in [-0.15, -0.1) is 12.4 Å². The summed E-state index contributed by atoms with van der Waals surface area (Å²) in [7, 11) is 0. The van der Waals surface area contributed by atoms with Gasteiger partial charge in [0.2, 0.25) is 0 Å². The van der Waals surface area contributed by atoms with Gasteiger partial charge < -0.3 is 14.8 Å². The molecule has 5 heteroatoms. The molecule has 0 saturated carbocycles. The van der Waals surface area contributed by atoms with E-state index in [4.69, 9.17) is 0 Å². The normalized spacial score (nSPS) is 22.0. The second-order valence-corrected chi connectivity index (χ2v) is 7.50. The fourth-order valence-electron chi connectivity index (χ4n) is 4.62. The number of rotatable bonds is 2. The van der Waals surface area contributed by atoms with Gasteiger partial charge in [0.25, 0.3) is 5.91 Å². The van der Waals surface area contributed by atoms with Crippen molar-refractivity contribution in [1.29, 1.82) is 0 Å². The maximum absolute atomic E-state index is 13.4. The first-order valence-electron chi connectivity index (χ1n) is 9.36. The van der Waals surface area contributed by atoms with Gasteiger partial charge in [-0.25, -0.2) is 0 Å². The minimum Gasteiger partial charge on any atom is -0.331 e. The zero-order chi connectivity index (χ0) is 17.6. The van der Waals surface area contributed by atoms with Gasteiger partial charge in [0.1, 0.15) is 0 Å². The van der Waals surface area contributed by atoms with E-state index < -0.39 is 0 Å². The summed E-state index contributed by atoms with van der Waals surface area (Å²) in [5.41, 5.74) is 5.42. The Morgan fingerprint density at radius 2 is 1.81 bits per heavy atom. The minimum atomic E-state index is 0. The molecule has 2 bridgehead atoms. The maximum atomic E-state index is 13.4. The standard InChI is InChI=1S/C21H27N3O.ClH/c1-14-6-4-5-7-20(14)23-15(2)12-19(16(23)3)21(25)24-17-8-9-18(24)13-22-11-10-17;/h4-7,12,17-18,22H,8-11,13H2,1-3H3;1H. The van der Waals surface area contributed by atoms with Crippen molar-refractivity contribution in [1.82, 2.24) is 14.8 Å². The van der Waals surface area contributed by atoms with Gasteiger partial charge in [0.15, 0.2) is 0 Å². The Morgan fingerprint density at radius 1 is 1.08 bits per heavy atom. The number of aromatic nitrogens is 1. The van der Waals surface area contributed by atoms with Crippen molar-refractivity contribution in [2.75, 3.05) is 13.1 Å². The van der Waals surface area contributed by atoms with Gasteiger partial charge >= 0.3 is 0 Å². The minimum absolute atomic E-state index is 0. The monoisotopic (exact) mass is 373 g/mol. The van der Waals surface area contributed by atoms with E-state index in [0.717, 1.165) is 55.0 Å². The zero-order valence-electron chi connectivity index (χ0n) is 15.8. The number of para-hydroxylation sites is 1. The number of benzene rings is 1. The average molecular weight is 374 g/mol. The Balaban J connectivity index is 0.00000196. The topological polar surface area (TPSA) is 37.3 Å². The van der Waals surface area contributed by atoms with Gasteiger partial charge in [-0.05, 0) is 64.3 Å². The Hall–Kier alpha value is -1.78. The quantitative estimate of drug-likeness (QED) is 0.869. The molecule has 2 saturated heterocycles. The van der Waals surface area contributed by atoms with Crippen LogP contribution in [0.15, 0.2) is 30.3 Å². The van der Waals surface area contributed by atoms with Crippen LogP contribution in [0.2, 0.25) is 0 Å². The van der Waals surface area contributed by atoms with Crippen LogP contribution < -0.4 is 5.32 Å². The molecule has 140 valence electrons. The summed E-state index contributed by atoms with van der Waals surface area (Å²) in [6.07, 6.45) is 3.34. The zero-order valence-corrected chi connectivity index (χ0v) is 16.6. The van der Waals surface area contributed by atoms with Crippen LogP contribution in [0.4, 0.5) is 0 Å². The molecule has 1 N–H and O–H groups in total. The molecule has 4 rings (SSSR count). The largest absolute Gasteiger partial charge is 0.331 e. The van der Waals surface area contributed by atoms with Crippen molar-refractivity contribution in [3.8, 4) is 5.69 Å². The van der Waals surface area contributed by atoms with Crippen molar-refractivity contribution >= 4 is 18.3 Å². The van der Waals surface area contributed by atoms with E-state index in [1.807, 2.05) is 0 Å². The van der Waals surface area contributed by atoms with E-state index in [9.17, 15) is 4.79 Å². The molecule has 2 fully saturated rings. The molecule has 26 heavy (non-hydrogen) atoms. The highest BCUT2D eigenvalue weighted by Gasteiger charge is 2.39. The number of aryl methyl sites for hydroxylation is 2. The molecule has 1 aromatic heterocycles. The lowest BCUT2D eigenvalue weighted by atomic mass is 10.1. The molecule has 4 nitrogen and oxygen atoms in total. The SMILES string of the molecule is Cc1ccccc1-n1c(C)cc(C(=O)N2C3CCNCC2CC3)c1C.Cl. The van der Waals surface area contributed by atoms with Gasteiger partial charge in [-0.1, -0.05) is 18.2 Å². The number of nitrogens with zero attached hydrogens (tertiary/aromatic N) is 2. The molecule has 2 aliphatic heterocycles. The van der Waals surface area contributed by atoms with Crippen LogP contribution in [0.5, 0.6) is 0 Å². The summed E-state index contributed by atoms with van der Waals surface area (Å²) < 4.78 is 2.22. The predicted molar refractivity (Wildman–Crippen MR) is 108 cm³/mol. The number of halogens is 1. The van der Waals surface area contributed by atoms with Gasteiger partial charge in [-0.2, -0.15) is 0 Å². The van der Waals surface area contributed by atoms with Crippen LogP contribution in [0.1, 0.15) is 46.6 Å². The number of nitrogens with one attached hydrogen (secondary N) is 1. The van der Waals surface area contributed by atoms with E-state index in [2.05, 4.69) is 65.9 Å². The van der Waals surface area contributed by atoms with Crippen LogP contribution in [0.25, 0.3) is 5.69 Å². The van der Waals surface area contributed by atoms with Crippen LogP contribution in [0.3, 0.4) is 0 Å². The van der Waals surface area contributed by atoms with Crippen LogP contribution in [-0.4, -0.2) is 40.5 Å². The van der Waals surface area contributed by atoms with Crippen LogP contribution in [0, 0.1) is 20.8 Å². The van der Waals surface area contributed by atoms with E-state index in [-0.39, 0.29) is 18.3 Å². The average Bonchev–Trinajstić information content (AvgIpc) is 3.02. The molecular weight excluding hydrogens is 346 g/mol. The molecular formula is C21H28ClN3O. The lowest BCUT2D eigenvalue weighted by molar-refractivity contribution is 0.0679. The third-order valence-electron chi connectivity index (χ3n) is 5.91. The smallest absolute Gasteiger partial charge is 0.256 e. The van der Waals surface area contributed by atoms with Gasteiger partial charge in [0, 0.05) is 35.7 Å². The molecule has 2 aliphatic rings. The Bertz CT molecular complexity index is 800. The fourth-order valence-corrected chi connectivity index (χ4v) is 4.62. The first-order valence-corrected chi connectivity index (χ1v) is 9.36. The molecule has 1 amide bonds. The highest BCUT2D eigenvalue weighted by molar-refractivity contribution is 5.96. The molecule has 2 unspecified atom stereocenters. The first kappa shape index (κ1) is 19.0. The maximum Gasteiger partial charge on any atom is 0.256 e. The summed E-state index contributed by atoms with van der Waals surface area (Å²) >= 11 is 0. The van der Waals surface area contributed by atoms with Crippen molar-refractivity contribution in [2.24, 2.45) is 0 Å². The van der Waals surface area contributed by atoms with Crippen LogP contribution in [-0.2, 0) is 0 Å². The molecule has 2 atom stereocenters. The summed E-state index contributed by atoms with van der Waals surface area (Å²) in [5, 5.41) is 3.48. The Morgan fingerprint density at radius 3 is 2.58 bits per heavy atom. The summed E-state index contributed by atoms with van der Waals surface area (Å²) in [4.78, 5) is 15.6. The van der Waals surface area contributed by atoms with Gasteiger partial charge in [0.05, 0.1) is 5.56 Å². The number of fused-ring (bicyclic) bond motifs is 2. The summed E-state index contributed by atoms with van der Waals surface area (Å²) in [5.74, 6) is 0.212.